The molecule has 4 aliphatic rings. The van der Waals surface area contributed by atoms with Gasteiger partial charge in [0, 0.05) is 12.7 Å². The number of aryl methyl sites for hydroxylation is 1. The van der Waals surface area contributed by atoms with Crippen LogP contribution in [0.1, 0.15) is 63.6 Å². The molecule has 1 aromatic heterocycles. The third-order valence-corrected chi connectivity index (χ3v) is 6.35. The van der Waals surface area contributed by atoms with E-state index in [0.29, 0.717) is 5.41 Å². The van der Waals surface area contributed by atoms with Gasteiger partial charge in [-0.1, -0.05) is 6.92 Å². The standard InChI is InChI=1S/C17H28N4/c1-2-5-21-15(3-4-19-21)16(20-18)17-9-12-6-13(10-17)8-14(7-12)11-17/h3-4,12-14,16,20H,2,5-11,18H2,1H3. The molecule has 1 heterocycles. The lowest BCUT2D eigenvalue weighted by atomic mass is 9.47. The van der Waals surface area contributed by atoms with Crippen molar-refractivity contribution in [1.29, 1.82) is 0 Å². The van der Waals surface area contributed by atoms with E-state index in [2.05, 4.69) is 28.2 Å². The SMILES string of the molecule is CCCn1nccc1C(NN)C12CC3CC(CC(C3)C1)C2. The van der Waals surface area contributed by atoms with E-state index < -0.39 is 0 Å². The van der Waals surface area contributed by atoms with Crippen molar-refractivity contribution in [2.75, 3.05) is 0 Å². The summed E-state index contributed by atoms with van der Waals surface area (Å²) >= 11 is 0. The molecule has 0 saturated heterocycles. The van der Waals surface area contributed by atoms with Gasteiger partial charge in [-0.3, -0.25) is 16.0 Å². The molecule has 116 valence electrons. The van der Waals surface area contributed by atoms with Crippen molar-refractivity contribution in [3.05, 3.63) is 18.0 Å². The van der Waals surface area contributed by atoms with Crippen LogP contribution < -0.4 is 11.3 Å². The van der Waals surface area contributed by atoms with Gasteiger partial charge in [0.25, 0.3) is 0 Å². The molecule has 4 fully saturated rings. The van der Waals surface area contributed by atoms with Crippen molar-refractivity contribution >= 4 is 0 Å². The van der Waals surface area contributed by atoms with Crippen LogP contribution in [0.2, 0.25) is 0 Å². The van der Waals surface area contributed by atoms with Crippen LogP contribution in [0.25, 0.3) is 0 Å². The Bertz CT molecular complexity index is 471. The maximum Gasteiger partial charge on any atom is 0.0685 e. The molecule has 0 spiro atoms. The maximum absolute atomic E-state index is 6.06. The van der Waals surface area contributed by atoms with Crippen molar-refractivity contribution in [1.82, 2.24) is 15.2 Å². The minimum absolute atomic E-state index is 0.278. The average Bonchev–Trinajstić information content (AvgIpc) is 2.86. The Morgan fingerprint density at radius 3 is 2.43 bits per heavy atom. The predicted octanol–water partition coefficient (Wildman–Crippen LogP) is 3.01. The topological polar surface area (TPSA) is 55.9 Å². The number of hydrogen-bond acceptors (Lipinski definition) is 3. The Hall–Kier alpha value is -0.870. The summed E-state index contributed by atoms with van der Waals surface area (Å²) in [5.74, 6) is 8.92. The summed E-state index contributed by atoms with van der Waals surface area (Å²) in [6.45, 7) is 3.20. The second-order valence-electron chi connectivity index (χ2n) is 7.86. The normalized spacial score (nSPS) is 38.9. The molecule has 4 heteroatoms. The summed E-state index contributed by atoms with van der Waals surface area (Å²) in [4.78, 5) is 0. The van der Waals surface area contributed by atoms with Crippen LogP contribution in [0, 0.1) is 23.2 Å². The van der Waals surface area contributed by atoms with Gasteiger partial charge in [-0.25, -0.2) is 0 Å². The van der Waals surface area contributed by atoms with E-state index >= 15 is 0 Å². The molecule has 4 saturated carbocycles. The van der Waals surface area contributed by atoms with Gasteiger partial charge in [0.05, 0.1) is 11.7 Å². The van der Waals surface area contributed by atoms with Crippen molar-refractivity contribution in [2.45, 2.75) is 64.5 Å². The number of nitrogens with two attached hydrogens (primary N) is 1. The lowest BCUT2D eigenvalue weighted by Gasteiger charge is -2.59. The van der Waals surface area contributed by atoms with Crippen molar-refractivity contribution < 1.29 is 0 Å². The van der Waals surface area contributed by atoms with Gasteiger partial charge in [0.1, 0.15) is 0 Å². The van der Waals surface area contributed by atoms with Gasteiger partial charge in [0.2, 0.25) is 0 Å². The molecular formula is C17H28N4. The van der Waals surface area contributed by atoms with Crippen LogP contribution in [0.4, 0.5) is 0 Å². The Balaban J connectivity index is 1.67. The Labute approximate surface area is 127 Å². The second kappa shape index (κ2) is 5.10. The molecule has 0 aromatic carbocycles. The van der Waals surface area contributed by atoms with Crippen LogP contribution in [0.3, 0.4) is 0 Å². The predicted molar refractivity (Wildman–Crippen MR) is 83.2 cm³/mol. The number of nitrogens with one attached hydrogen (secondary N) is 1. The molecule has 5 rings (SSSR count). The fraction of sp³-hybridized carbons (Fsp3) is 0.824. The summed E-state index contributed by atoms with van der Waals surface area (Å²) in [5, 5.41) is 4.52. The first-order chi connectivity index (χ1) is 10.2. The molecule has 3 N–H and O–H groups in total. The summed E-state index contributed by atoms with van der Waals surface area (Å²) in [7, 11) is 0. The number of nitrogens with zero attached hydrogens (tertiary/aromatic N) is 2. The van der Waals surface area contributed by atoms with Gasteiger partial charge in [-0.05, 0) is 74.2 Å². The lowest BCUT2D eigenvalue weighted by molar-refractivity contribution is -0.0764. The number of aromatic nitrogens is 2. The highest BCUT2D eigenvalue weighted by molar-refractivity contribution is 5.16. The van der Waals surface area contributed by atoms with E-state index in [1.54, 1.807) is 0 Å². The van der Waals surface area contributed by atoms with E-state index in [4.69, 9.17) is 5.84 Å². The first-order valence-corrected chi connectivity index (χ1v) is 8.72. The zero-order chi connectivity index (χ0) is 14.4. The highest BCUT2D eigenvalue weighted by atomic mass is 15.3. The maximum atomic E-state index is 6.06. The van der Waals surface area contributed by atoms with E-state index in [-0.39, 0.29) is 6.04 Å². The summed E-state index contributed by atoms with van der Waals surface area (Å²) in [5.41, 5.74) is 4.89. The van der Waals surface area contributed by atoms with E-state index in [0.717, 1.165) is 30.7 Å². The fourth-order valence-corrected chi connectivity index (χ4v) is 6.09. The molecule has 4 nitrogen and oxygen atoms in total. The van der Waals surface area contributed by atoms with Gasteiger partial charge in [-0.15, -0.1) is 0 Å². The van der Waals surface area contributed by atoms with Gasteiger partial charge < -0.3 is 0 Å². The van der Waals surface area contributed by atoms with Gasteiger partial charge in [-0.2, -0.15) is 5.10 Å². The second-order valence-corrected chi connectivity index (χ2v) is 7.86. The molecule has 1 aromatic rings. The molecule has 0 amide bonds. The Morgan fingerprint density at radius 2 is 1.90 bits per heavy atom. The summed E-state index contributed by atoms with van der Waals surface area (Å²) in [6, 6.07) is 2.46. The highest BCUT2D eigenvalue weighted by Crippen LogP contribution is 2.63. The summed E-state index contributed by atoms with van der Waals surface area (Å²) < 4.78 is 2.17. The van der Waals surface area contributed by atoms with Crippen molar-refractivity contribution in [3.63, 3.8) is 0 Å². The van der Waals surface area contributed by atoms with Crippen LogP contribution in [-0.4, -0.2) is 9.78 Å². The molecule has 21 heavy (non-hydrogen) atoms. The smallest absolute Gasteiger partial charge is 0.0685 e. The fourth-order valence-electron chi connectivity index (χ4n) is 6.09. The van der Waals surface area contributed by atoms with Crippen LogP contribution in [0.5, 0.6) is 0 Å². The zero-order valence-electron chi connectivity index (χ0n) is 13.1. The van der Waals surface area contributed by atoms with Crippen LogP contribution >= 0.6 is 0 Å². The van der Waals surface area contributed by atoms with Gasteiger partial charge >= 0.3 is 0 Å². The Morgan fingerprint density at radius 1 is 1.29 bits per heavy atom. The molecule has 4 aliphatic carbocycles. The quantitative estimate of drug-likeness (QED) is 0.647. The van der Waals surface area contributed by atoms with E-state index in [1.807, 2.05) is 6.20 Å². The van der Waals surface area contributed by atoms with Crippen LogP contribution in [-0.2, 0) is 6.54 Å². The minimum Gasteiger partial charge on any atom is -0.271 e. The first-order valence-electron chi connectivity index (χ1n) is 8.72. The average molecular weight is 288 g/mol. The number of hydrogen-bond donors (Lipinski definition) is 2. The number of hydrazine groups is 1. The minimum atomic E-state index is 0.278. The largest absolute Gasteiger partial charge is 0.271 e. The molecular weight excluding hydrogens is 260 g/mol. The van der Waals surface area contributed by atoms with Crippen molar-refractivity contribution in [3.8, 4) is 0 Å². The molecule has 4 bridgehead atoms. The first kappa shape index (κ1) is 13.8. The van der Waals surface area contributed by atoms with E-state index in [1.165, 1.54) is 44.2 Å². The molecule has 0 aliphatic heterocycles. The van der Waals surface area contributed by atoms with E-state index in [9.17, 15) is 0 Å². The van der Waals surface area contributed by atoms with Gasteiger partial charge in [0.15, 0.2) is 0 Å². The summed E-state index contributed by atoms with van der Waals surface area (Å²) in [6.07, 6.45) is 11.6. The lowest BCUT2D eigenvalue weighted by Crippen LogP contribution is -2.53. The third-order valence-electron chi connectivity index (χ3n) is 6.35. The molecule has 1 atom stereocenters. The Kier molecular flexibility index (Phi) is 3.34. The van der Waals surface area contributed by atoms with Crippen molar-refractivity contribution in [2.24, 2.45) is 29.0 Å². The zero-order valence-corrected chi connectivity index (χ0v) is 13.1. The van der Waals surface area contributed by atoms with Crippen LogP contribution in [0.15, 0.2) is 12.3 Å². The monoisotopic (exact) mass is 288 g/mol. The highest BCUT2D eigenvalue weighted by Gasteiger charge is 2.54. The number of rotatable bonds is 5. The third kappa shape index (κ3) is 2.15. The molecule has 0 radical (unpaired) electrons. The molecule has 1 unspecified atom stereocenters.